The Kier molecular flexibility index (Phi) is 10.3. The molecule has 8 nitrogen and oxygen atoms in total. The molecule has 0 saturated carbocycles. The third-order valence-electron chi connectivity index (χ3n) is 3.44. The number of hydrogen-bond donors (Lipinski definition) is 2. The molecule has 0 aromatic heterocycles. The van der Waals surface area contributed by atoms with E-state index in [0.29, 0.717) is 25.7 Å². The van der Waals surface area contributed by atoms with Crippen LogP contribution in [0.4, 0.5) is 0 Å². The number of nitrogens with one attached hydrogen (secondary N) is 2. The Morgan fingerprint density at radius 3 is 2.61 bits per heavy atom. The number of hydrogen-bond acceptors (Lipinski definition) is 5. The van der Waals surface area contributed by atoms with Gasteiger partial charge in [0.05, 0.1) is 19.8 Å². The second-order valence-electron chi connectivity index (χ2n) is 5.46. The maximum Gasteiger partial charge on any atom is 0.243 e. The lowest BCUT2D eigenvalue weighted by atomic mass is 10.4. The van der Waals surface area contributed by atoms with E-state index < -0.39 is 0 Å². The summed E-state index contributed by atoms with van der Waals surface area (Å²) in [5.41, 5.74) is 0. The monoisotopic (exact) mass is 329 g/mol. The van der Waals surface area contributed by atoms with E-state index in [1.54, 1.807) is 14.1 Å². The Morgan fingerprint density at radius 2 is 1.96 bits per heavy atom. The van der Waals surface area contributed by atoms with Crippen molar-refractivity contribution >= 4 is 11.9 Å². The molecule has 1 amide bonds. The smallest absolute Gasteiger partial charge is 0.243 e. The third-order valence-corrected chi connectivity index (χ3v) is 3.44. The number of nitrogens with zero attached hydrogens (tertiary/aromatic N) is 3. The minimum Gasteiger partial charge on any atom is -0.380 e. The number of carbonyl (C=O) groups is 1. The molecule has 0 aromatic rings. The molecule has 0 unspecified atom stereocenters. The molecule has 0 bridgehead atoms. The minimum atomic E-state index is -0.0240. The van der Waals surface area contributed by atoms with E-state index in [-0.39, 0.29) is 12.5 Å². The molecule has 1 heterocycles. The second kappa shape index (κ2) is 12.1. The van der Waals surface area contributed by atoms with Gasteiger partial charge >= 0.3 is 0 Å². The van der Waals surface area contributed by atoms with Crippen LogP contribution in [0.15, 0.2) is 4.99 Å². The van der Waals surface area contributed by atoms with Crippen LogP contribution in [-0.2, 0) is 14.3 Å². The van der Waals surface area contributed by atoms with Gasteiger partial charge in [0, 0.05) is 53.4 Å². The minimum absolute atomic E-state index is 0.0240. The Morgan fingerprint density at radius 1 is 1.26 bits per heavy atom. The predicted octanol–water partition coefficient (Wildman–Crippen LogP) is -1.02. The molecule has 0 spiro atoms. The van der Waals surface area contributed by atoms with Gasteiger partial charge in [0.15, 0.2) is 5.96 Å². The maximum atomic E-state index is 11.7. The van der Waals surface area contributed by atoms with Crippen molar-refractivity contribution in [2.75, 3.05) is 79.8 Å². The maximum absolute atomic E-state index is 11.7. The number of morpholine rings is 1. The van der Waals surface area contributed by atoms with E-state index in [1.165, 1.54) is 4.90 Å². The van der Waals surface area contributed by atoms with Gasteiger partial charge in [-0.1, -0.05) is 0 Å². The zero-order chi connectivity index (χ0) is 16.9. The first-order valence-corrected chi connectivity index (χ1v) is 8.23. The standard InChI is InChI=1S/C15H31N5O3/c1-4-22-10-6-17-15(18-13-14(21)19(2)3)16-5-7-20-8-11-23-12-9-20/h4-13H2,1-3H3,(H2,16,17,18). The van der Waals surface area contributed by atoms with Crippen molar-refractivity contribution in [3.8, 4) is 0 Å². The largest absolute Gasteiger partial charge is 0.380 e. The first-order valence-electron chi connectivity index (χ1n) is 8.23. The van der Waals surface area contributed by atoms with Crippen LogP contribution in [0.2, 0.25) is 0 Å². The van der Waals surface area contributed by atoms with E-state index in [1.807, 2.05) is 6.92 Å². The number of carbonyl (C=O) groups excluding carboxylic acids is 1. The van der Waals surface area contributed by atoms with Gasteiger partial charge < -0.3 is 25.0 Å². The summed E-state index contributed by atoms with van der Waals surface area (Å²) in [6.07, 6.45) is 0. The third kappa shape index (κ3) is 9.37. The zero-order valence-corrected chi connectivity index (χ0v) is 14.6. The fourth-order valence-corrected chi connectivity index (χ4v) is 2.01. The molecule has 0 aromatic carbocycles. The van der Waals surface area contributed by atoms with Crippen LogP contribution in [-0.4, -0.2) is 101 Å². The number of ether oxygens (including phenoxy) is 2. The normalized spacial score (nSPS) is 16.2. The molecule has 1 fully saturated rings. The lowest BCUT2D eigenvalue weighted by molar-refractivity contribution is -0.127. The van der Waals surface area contributed by atoms with Gasteiger partial charge in [-0.2, -0.15) is 0 Å². The molecule has 8 heteroatoms. The Labute approximate surface area is 139 Å². The van der Waals surface area contributed by atoms with Crippen molar-refractivity contribution in [3.63, 3.8) is 0 Å². The molecule has 1 saturated heterocycles. The van der Waals surface area contributed by atoms with Gasteiger partial charge in [-0.15, -0.1) is 0 Å². The van der Waals surface area contributed by atoms with Crippen LogP contribution in [0.25, 0.3) is 0 Å². The molecule has 1 aliphatic rings. The number of amides is 1. The Balaban J connectivity index is 2.35. The number of rotatable bonds is 9. The molecule has 2 N–H and O–H groups in total. The van der Waals surface area contributed by atoms with Gasteiger partial charge in [-0.25, -0.2) is 4.99 Å². The molecule has 134 valence electrons. The van der Waals surface area contributed by atoms with E-state index >= 15 is 0 Å². The lowest BCUT2D eigenvalue weighted by Crippen LogP contribution is -2.45. The summed E-state index contributed by atoms with van der Waals surface area (Å²) in [5, 5.41) is 6.45. The van der Waals surface area contributed by atoms with Gasteiger partial charge in [0.2, 0.25) is 5.91 Å². The van der Waals surface area contributed by atoms with Crippen molar-refractivity contribution in [3.05, 3.63) is 0 Å². The van der Waals surface area contributed by atoms with E-state index in [4.69, 9.17) is 9.47 Å². The molecular weight excluding hydrogens is 298 g/mol. The van der Waals surface area contributed by atoms with Crippen LogP contribution in [0.3, 0.4) is 0 Å². The average Bonchev–Trinajstić information content (AvgIpc) is 2.56. The Hall–Kier alpha value is -1.38. The molecule has 0 aliphatic carbocycles. The quantitative estimate of drug-likeness (QED) is 0.320. The summed E-state index contributed by atoms with van der Waals surface area (Å²) in [5.74, 6) is 0.622. The first-order chi connectivity index (χ1) is 11.1. The topological polar surface area (TPSA) is 78.4 Å². The summed E-state index contributed by atoms with van der Waals surface area (Å²) in [4.78, 5) is 19.9. The van der Waals surface area contributed by atoms with Gasteiger partial charge in [-0.05, 0) is 6.92 Å². The number of aliphatic imine (C=N–C) groups is 1. The molecule has 1 rings (SSSR count). The van der Waals surface area contributed by atoms with Crippen molar-refractivity contribution < 1.29 is 14.3 Å². The summed E-state index contributed by atoms with van der Waals surface area (Å²) in [6.45, 7) is 9.28. The highest BCUT2D eigenvalue weighted by Gasteiger charge is 2.10. The lowest BCUT2D eigenvalue weighted by Gasteiger charge is -2.26. The zero-order valence-electron chi connectivity index (χ0n) is 14.6. The Bertz CT molecular complexity index is 357. The predicted molar refractivity (Wildman–Crippen MR) is 90.8 cm³/mol. The molecule has 1 aliphatic heterocycles. The first kappa shape index (κ1) is 19.7. The van der Waals surface area contributed by atoms with Gasteiger partial charge in [0.1, 0.15) is 6.54 Å². The van der Waals surface area contributed by atoms with Gasteiger partial charge in [-0.3, -0.25) is 9.69 Å². The van der Waals surface area contributed by atoms with Crippen molar-refractivity contribution in [1.82, 2.24) is 20.4 Å². The average molecular weight is 329 g/mol. The molecule has 23 heavy (non-hydrogen) atoms. The highest BCUT2D eigenvalue weighted by Crippen LogP contribution is 1.94. The van der Waals surface area contributed by atoms with Crippen LogP contribution >= 0.6 is 0 Å². The highest BCUT2D eigenvalue weighted by atomic mass is 16.5. The van der Waals surface area contributed by atoms with E-state index in [0.717, 1.165) is 39.4 Å². The molecular formula is C15H31N5O3. The van der Waals surface area contributed by atoms with Crippen LogP contribution in [0.1, 0.15) is 6.92 Å². The number of guanidine groups is 1. The fourth-order valence-electron chi connectivity index (χ4n) is 2.01. The van der Waals surface area contributed by atoms with Gasteiger partial charge in [0.25, 0.3) is 0 Å². The van der Waals surface area contributed by atoms with E-state index in [2.05, 4.69) is 20.5 Å². The summed E-state index contributed by atoms with van der Waals surface area (Å²) < 4.78 is 10.6. The highest BCUT2D eigenvalue weighted by molar-refractivity contribution is 5.84. The van der Waals surface area contributed by atoms with Crippen molar-refractivity contribution in [2.45, 2.75) is 6.92 Å². The van der Waals surface area contributed by atoms with E-state index in [9.17, 15) is 4.79 Å². The van der Waals surface area contributed by atoms with Crippen LogP contribution < -0.4 is 10.6 Å². The van der Waals surface area contributed by atoms with Crippen molar-refractivity contribution in [2.24, 2.45) is 4.99 Å². The SMILES string of the molecule is CCOCCNC(=NCC(=O)N(C)C)NCCN1CCOCC1. The molecule has 0 radical (unpaired) electrons. The summed E-state index contributed by atoms with van der Waals surface area (Å²) in [7, 11) is 3.46. The summed E-state index contributed by atoms with van der Waals surface area (Å²) in [6, 6.07) is 0. The summed E-state index contributed by atoms with van der Waals surface area (Å²) >= 11 is 0. The molecule has 0 atom stereocenters. The van der Waals surface area contributed by atoms with Crippen LogP contribution in [0.5, 0.6) is 0 Å². The number of likely N-dealkylation sites (N-methyl/N-ethyl adjacent to an activating group) is 1. The van der Waals surface area contributed by atoms with Crippen molar-refractivity contribution in [1.29, 1.82) is 0 Å². The second-order valence-corrected chi connectivity index (χ2v) is 5.46. The van der Waals surface area contributed by atoms with Crippen LogP contribution in [0, 0.1) is 0 Å². The fraction of sp³-hybridized carbons (Fsp3) is 0.867.